The van der Waals surface area contributed by atoms with Crippen LogP contribution < -0.4 is 0 Å². The fraction of sp³-hybridized carbons (Fsp3) is 0.882. The SMILES string of the molecule is CC1CC(C)(C)CCC1(O)C1=CCCCCCC1. The highest BCUT2D eigenvalue weighted by molar-refractivity contribution is 5.20. The molecule has 0 aromatic rings. The van der Waals surface area contributed by atoms with Gasteiger partial charge in [0.05, 0.1) is 5.60 Å². The van der Waals surface area contributed by atoms with Gasteiger partial charge in [-0.3, -0.25) is 0 Å². The minimum atomic E-state index is -0.493. The summed E-state index contributed by atoms with van der Waals surface area (Å²) in [5, 5.41) is 11.1. The van der Waals surface area contributed by atoms with Crippen molar-refractivity contribution in [3.05, 3.63) is 11.6 Å². The smallest absolute Gasteiger partial charge is 0.0882 e. The maximum Gasteiger partial charge on any atom is 0.0882 e. The van der Waals surface area contributed by atoms with Crippen LogP contribution in [-0.2, 0) is 0 Å². The van der Waals surface area contributed by atoms with E-state index in [-0.39, 0.29) is 0 Å². The van der Waals surface area contributed by atoms with E-state index in [0.29, 0.717) is 11.3 Å². The molecule has 2 rings (SSSR count). The van der Waals surface area contributed by atoms with Crippen LogP contribution in [0.3, 0.4) is 0 Å². The average Bonchev–Trinajstić information content (AvgIpc) is 2.23. The van der Waals surface area contributed by atoms with Crippen molar-refractivity contribution in [1.29, 1.82) is 0 Å². The quantitative estimate of drug-likeness (QED) is 0.660. The maximum atomic E-state index is 11.1. The molecule has 0 saturated heterocycles. The first kappa shape index (κ1) is 14.1. The Morgan fingerprint density at radius 1 is 1.11 bits per heavy atom. The zero-order valence-electron chi connectivity index (χ0n) is 12.5. The van der Waals surface area contributed by atoms with Gasteiger partial charge >= 0.3 is 0 Å². The van der Waals surface area contributed by atoms with Crippen LogP contribution in [-0.4, -0.2) is 10.7 Å². The summed E-state index contributed by atoms with van der Waals surface area (Å²) in [5.74, 6) is 0.409. The van der Waals surface area contributed by atoms with Crippen molar-refractivity contribution in [3.8, 4) is 0 Å². The molecule has 1 saturated carbocycles. The normalized spacial score (nSPS) is 37.6. The fourth-order valence-electron chi connectivity index (χ4n) is 3.94. The molecule has 1 nitrogen and oxygen atoms in total. The van der Waals surface area contributed by atoms with E-state index < -0.39 is 5.60 Å². The van der Waals surface area contributed by atoms with Crippen LogP contribution in [0.5, 0.6) is 0 Å². The molecule has 1 heteroatoms. The second-order valence-corrected chi connectivity index (χ2v) is 7.38. The van der Waals surface area contributed by atoms with Crippen molar-refractivity contribution in [1.82, 2.24) is 0 Å². The molecule has 0 aromatic carbocycles. The van der Waals surface area contributed by atoms with E-state index in [1.54, 1.807) is 0 Å². The van der Waals surface area contributed by atoms with Gasteiger partial charge in [-0.2, -0.15) is 0 Å². The first-order chi connectivity index (χ1) is 8.44. The fourth-order valence-corrected chi connectivity index (χ4v) is 3.94. The molecule has 104 valence electrons. The second kappa shape index (κ2) is 5.36. The molecule has 2 aliphatic carbocycles. The van der Waals surface area contributed by atoms with Crippen LogP contribution in [0, 0.1) is 11.3 Å². The second-order valence-electron chi connectivity index (χ2n) is 7.38. The van der Waals surface area contributed by atoms with Crippen LogP contribution >= 0.6 is 0 Å². The number of rotatable bonds is 1. The maximum absolute atomic E-state index is 11.1. The molecular formula is C17H30O. The van der Waals surface area contributed by atoms with Crippen LogP contribution in [0.1, 0.15) is 78.6 Å². The molecule has 1 N–H and O–H groups in total. The summed E-state index contributed by atoms with van der Waals surface area (Å²) >= 11 is 0. The Hall–Kier alpha value is -0.300. The van der Waals surface area contributed by atoms with Crippen LogP contribution in [0.4, 0.5) is 0 Å². The topological polar surface area (TPSA) is 20.2 Å². The molecule has 18 heavy (non-hydrogen) atoms. The van der Waals surface area contributed by atoms with Crippen LogP contribution in [0.25, 0.3) is 0 Å². The van der Waals surface area contributed by atoms with Gasteiger partial charge in [-0.1, -0.05) is 39.7 Å². The summed E-state index contributed by atoms with van der Waals surface area (Å²) in [6, 6.07) is 0. The lowest BCUT2D eigenvalue weighted by Gasteiger charge is -2.47. The predicted molar refractivity (Wildman–Crippen MR) is 77.5 cm³/mol. The molecule has 2 unspecified atom stereocenters. The van der Waals surface area contributed by atoms with Crippen LogP contribution in [0.2, 0.25) is 0 Å². The highest BCUT2D eigenvalue weighted by Crippen LogP contribution is 2.48. The third-order valence-corrected chi connectivity index (χ3v) is 5.20. The van der Waals surface area contributed by atoms with Crippen LogP contribution in [0.15, 0.2) is 11.6 Å². The van der Waals surface area contributed by atoms with E-state index in [4.69, 9.17) is 0 Å². The molecular weight excluding hydrogens is 220 g/mol. The Morgan fingerprint density at radius 2 is 1.83 bits per heavy atom. The van der Waals surface area contributed by atoms with E-state index in [1.165, 1.54) is 37.7 Å². The van der Waals surface area contributed by atoms with E-state index in [9.17, 15) is 5.11 Å². The lowest BCUT2D eigenvalue weighted by Crippen LogP contribution is -2.45. The first-order valence-electron chi connectivity index (χ1n) is 7.86. The lowest BCUT2D eigenvalue weighted by atomic mass is 9.62. The Bertz CT molecular complexity index is 316. The Kier molecular flexibility index (Phi) is 4.21. The zero-order valence-corrected chi connectivity index (χ0v) is 12.5. The molecule has 2 aliphatic rings. The van der Waals surface area contributed by atoms with E-state index in [0.717, 1.165) is 25.7 Å². The molecule has 0 aromatic heterocycles. The number of hydrogen-bond donors (Lipinski definition) is 1. The van der Waals surface area contributed by atoms with Gasteiger partial charge in [0.15, 0.2) is 0 Å². The van der Waals surface area contributed by atoms with E-state index in [1.807, 2.05) is 0 Å². The molecule has 0 spiro atoms. The number of hydrogen-bond acceptors (Lipinski definition) is 1. The van der Waals surface area contributed by atoms with Gasteiger partial charge in [0.2, 0.25) is 0 Å². The minimum absolute atomic E-state index is 0.409. The Labute approximate surface area is 113 Å². The summed E-state index contributed by atoms with van der Waals surface area (Å²) in [7, 11) is 0. The van der Waals surface area contributed by atoms with E-state index >= 15 is 0 Å². The molecule has 0 aliphatic heterocycles. The molecule has 2 atom stereocenters. The third kappa shape index (κ3) is 2.99. The zero-order chi connectivity index (χ0) is 13.2. The minimum Gasteiger partial charge on any atom is -0.385 e. The Morgan fingerprint density at radius 3 is 2.56 bits per heavy atom. The summed E-state index contributed by atoms with van der Waals surface area (Å²) in [5.41, 5.74) is 1.28. The average molecular weight is 250 g/mol. The summed E-state index contributed by atoms with van der Waals surface area (Å²) in [6.07, 6.45) is 13.2. The summed E-state index contributed by atoms with van der Waals surface area (Å²) < 4.78 is 0. The number of allylic oxidation sites excluding steroid dienone is 1. The molecule has 0 radical (unpaired) electrons. The standard InChI is InChI=1S/C17H30O/c1-14-13-16(2,3)11-12-17(14,18)15-9-7-5-4-6-8-10-15/h9,14,18H,4-8,10-13H2,1-3H3. The van der Waals surface area contributed by atoms with Gasteiger partial charge in [0.1, 0.15) is 0 Å². The molecule has 1 fully saturated rings. The largest absolute Gasteiger partial charge is 0.385 e. The first-order valence-corrected chi connectivity index (χ1v) is 7.86. The number of aliphatic hydroxyl groups is 1. The highest BCUT2D eigenvalue weighted by Gasteiger charge is 2.44. The third-order valence-electron chi connectivity index (χ3n) is 5.20. The summed E-state index contributed by atoms with van der Waals surface area (Å²) in [4.78, 5) is 0. The van der Waals surface area contributed by atoms with Gasteiger partial charge < -0.3 is 5.11 Å². The predicted octanol–water partition coefficient (Wildman–Crippen LogP) is 4.84. The van der Waals surface area contributed by atoms with Crippen molar-refractivity contribution in [3.63, 3.8) is 0 Å². The lowest BCUT2D eigenvalue weighted by molar-refractivity contribution is -0.0446. The van der Waals surface area contributed by atoms with Gasteiger partial charge in [0, 0.05) is 0 Å². The summed E-state index contributed by atoms with van der Waals surface area (Å²) in [6.45, 7) is 6.94. The van der Waals surface area contributed by atoms with Gasteiger partial charge in [0.25, 0.3) is 0 Å². The highest BCUT2D eigenvalue weighted by atomic mass is 16.3. The molecule has 0 amide bonds. The Balaban J connectivity index is 2.14. The van der Waals surface area contributed by atoms with Gasteiger partial charge in [-0.15, -0.1) is 0 Å². The van der Waals surface area contributed by atoms with Gasteiger partial charge in [-0.25, -0.2) is 0 Å². The van der Waals surface area contributed by atoms with Crippen molar-refractivity contribution in [2.75, 3.05) is 0 Å². The van der Waals surface area contributed by atoms with E-state index in [2.05, 4.69) is 26.8 Å². The van der Waals surface area contributed by atoms with Crippen molar-refractivity contribution < 1.29 is 5.11 Å². The van der Waals surface area contributed by atoms with Gasteiger partial charge in [-0.05, 0) is 61.9 Å². The molecule has 0 bridgehead atoms. The van der Waals surface area contributed by atoms with Crippen molar-refractivity contribution in [2.24, 2.45) is 11.3 Å². The molecule has 0 heterocycles. The van der Waals surface area contributed by atoms with Crippen molar-refractivity contribution in [2.45, 2.75) is 84.2 Å². The monoisotopic (exact) mass is 250 g/mol. The van der Waals surface area contributed by atoms with Crippen molar-refractivity contribution >= 4 is 0 Å².